The zero-order valence-corrected chi connectivity index (χ0v) is 15.7. The van der Waals surface area contributed by atoms with Crippen molar-refractivity contribution >= 4 is 34.4 Å². The van der Waals surface area contributed by atoms with Gasteiger partial charge in [0.1, 0.15) is 11.5 Å². The number of aromatic nitrogens is 2. The number of benzene rings is 3. The molecule has 4 N–H and O–H groups in total. The van der Waals surface area contributed by atoms with E-state index in [1.807, 2.05) is 42.7 Å². The van der Waals surface area contributed by atoms with E-state index in [2.05, 4.69) is 16.0 Å². The maximum Gasteiger partial charge on any atom is 0.116 e. The Balaban J connectivity index is 1.84. The Kier molecular flexibility index (Phi) is 3.84. The molecule has 0 aliphatic rings. The summed E-state index contributed by atoms with van der Waals surface area (Å²) in [5.74, 6) is 0.324. The molecule has 0 saturated carbocycles. The van der Waals surface area contributed by atoms with Gasteiger partial charge in [0, 0.05) is 45.0 Å². The molecule has 5 heteroatoms. The Morgan fingerprint density at radius 2 is 1.21 bits per heavy atom. The predicted molar refractivity (Wildman–Crippen MR) is 115 cm³/mol. The average molecular weight is 386 g/mol. The molecule has 2 heterocycles. The molecule has 0 aliphatic heterocycles. The van der Waals surface area contributed by atoms with Crippen LogP contribution in [0.15, 0.2) is 78.0 Å². The van der Waals surface area contributed by atoms with Crippen LogP contribution in [-0.4, -0.2) is 20.2 Å². The number of fused-ring (bicyclic) bond motifs is 2. The highest BCUT2D eigenvalue weighted by molar-refractivity contribution is 7.80. The van der Waals surface area contributed by atoms with Gasteiger partial charge in [0.15, 0.2) is 0 Å². The molecular formula is C23H18N2O2S. The van der Waals surface area contributed by atoms with E-state index in [0.717, 1.165) is 43.4 Å². The Labute approximate surface area is 166 Å². The molecule has 3 aromatic carbocycles. The highest BCUT2D eigenvalue weighted by Crippen LogP contribution is 2.42. The first kappa shape index (κ1) is 16.8. The lowest BCUT2D eigenvalue weighted by molar-refractivity contribution is 0.475. The fraction of sp³-hybridized carbons (Fsp3) is 0.0435. The van der Waals surface area contributed by atoms with Gasteiger partial charge in [0.25, 0.3) is 0 Å². The molecule has 0 spiro atoms. The molecule has 0 bridgehead atoms. The highest BCUT2D eigenvalue weighted by atomic mass is 32.1. The molecule has 0 saturated heterocycles. The number of nitrogens with one attached hydrogen (secondary N) is 2. The molecule has 0 aliphatic carbocycles. The maximum absolute atomic E-state index is 10.1. The summed E-state index contributed by atoms with van der Waals surface area (Å²) in [5.41, 5.74) is 5.04. The highest BCUT2D eigenvalue weighted by Gasteiger charge is 2.25. The second kappa shape index (κ2) is 6.39. The molecule has 28 heavy (non-hydrogen) atoms. The van der Waals surface area contributed by atoms with E-state index in [0.29, 0.717) is 0 Å². The van der Waals surface area contributed by atoms with E-state index in [-0.39, 0.29) is 17.4 Å². The van der Waals surface area contributed by atoms with Gasteiger partial charge in [-0.15, -0.1) is 12.6 Å². The molecule has 0 fully saturated rings. The summed E-state index contributed by atoms with van der Waals surface area (Å²) in [5, 5.41) is 22.0. The first-order valence-corrected chi connectivity index (χ1v) is 9.44. The maximum atomic E-state index is 10.1. The van der Waals surface area contributed by atoms with E-state index in [1.165, 1.54) is 0 Å². The third kappa shape index (κ3) is 2.63. The van der Waals surface area contributed by atoms with Gasteiger partial charge in [-0.1, -0.05) is 18.2 Å². The number of hydrogen-bond donors (Lipinski definition) is 5. The molecule has 2 aromatic heterocycles. The number of aromatic hydroxyl groups is 2. The van der Waals surface area contributed by atoms with Crippen molar-refractivity contribution in [3.63, 3.8) is 0 Å². The zero-order valence-electron chi connectivity index (χ0n) is 14.8. The summed E-state index contributed by atoms with van der Waals surface area (Å²) in [6.07, 6.45) is 3.97. The van der Waals surface area contributed by atoms with E-state index in [4.69, 9.17) is 12.6 Å². The van der Waals surface area contributed by atoms with Crippen LogP contribution < -0.4 is 0 Å². The molecule has 5 rings (SSSR count). The van der Waals surface area contributed by atoms with Crippen molar-refractivity contribution in [3.8, 4) is 11.5 Å². The molecule has 0 radical (unpaired) electrons. The van der Waals surface area contributed by atoms with Gasteiger partial charge in [-0.05, 0) is 59.2 Å². The fourth-order valence-electron chi connectivity index (χ4n) is 3.97. The Hall–Kier alpha value is -3.31. The smallest absolute Gasteiger partial charge is 0.116 e. The van der Waals surface area contributed by atoms with Crippen LogP contribution in [0.2, 0.25) is 0 Å². The van der Waals surface area contributed by atoms with Crippen LogP contribution in [-0.2, 0) is 0 Å². The van der Waals surface area contributed by atoms with Crippen LogP contribution in [0.25, 0.3) is 21.8 Å². The lowest BCUT2D eigenvalue weighted by atomic mass is 9.84. The van der Waals surface area contributed by atoms with Gasteiger partial charge in [-0.3, -0.25) is 0 Å². The van der Waals surface area contributed by atoms with Gasteiger partial charge in [0.05, 0.1) is 0 Å². The van der Waals surface area contributed by atoms with Gasteiger partial charge < -0.3 is 20.2 Å². The number of thiol groups is 1. The predicted octanol–water partition coefficient (Wildman–Crippen LogP) is 5.53. The third-order valence-electron chi connectivity index (χ3n) is 5.26. The van der Waals surface area contributed by atoms with Crippen molar-refractivity contribution in [1.29, 1.82) is 0 Å². The average Bonchev–Trinajstić information content (AvgIpc) is 3.28. The molecule has 138 valence electrons. The van der Waals surface area contributed by atoms with Crippen LogP contribution in [0.4, 0.5) is 0 Å². The summed E-state index contributed by atoms with van der Waals surface area (Å²) < 4.78 is 0. The van der Waals surface area contributed by atoms with Crippen molar-refractivity contribution in [1.82, 2.24) is 9.97 Å². The number of aromatic amines is 2. The van der Waals surface area contributed by atoms with E-state index >= 15 is 0 Å². The quantitative estimate of drug-likeness (QED) is 0.265. The molecule has 0 atom stereocenters. The minimum absolute atomic E-state index is 0.125. The molecule has 5 aromatic rings. The Morgan fingerprint density at radius 3 is 1.75 bits per heavy atom. The normalized spacial score (nSPS) is 11.6. The summed E-state index contributed by atoms with van der Waals surface area (Å²) in [4.78, 5) is 7.51. The van der Waals surface area contributed by atoms with E-state index in [1.54, 1.807) is 24.3 Å². The standard InChI is InChI=1S/C23H18N2O2S/c26-13-5-7-20-16(9-13)18(11-24-20)23(15-3-1-2-4-22(15)28)19-12-25-21-8-6-14(27)10-17(19)21/h1-12,23-28H. The number of H-pyrrole nitrogens is 2. The van der Waals surface area contributed by atoms with Crippen molar-refractivity contribution in [3.05, 3.63) is 89.7 Å². The number of hydrogen-bond acceptors (Lipinski definition) is 3. The molecule has 0 amide bonds. The molecular weight excluding hydrogens is 368 g/mol. The Morgan fingerprint density at radius 1 is 0.679 bits per heavy atom. The van der Waals surface area contributed by atoms with Crippen LogP contribution in [0.1, 0.15) is 22.6 Å². The topological polar surface area (TPSA) is 72.0 Å². The fourth-order valence-corrected chi connectivity index (χ4v) is 4.26. The first-order chi connectivity index (χ1) is 13.6. The second-order valence-corrected chi connectivity index (χ2v) is 7.42. The number of phenols is 2. The van der Waals surface area contributed by atoms with Gasteiger partial charge in [0.2, 0.25) is 0 Å². The van der Waals surface area contributed by atoms with Crippen molar-refractivity contribution in [2.45, 2.75) is 10.8 Å². The second-order valence-electron chi connectivity index (χ2n) is 6.94. The molecule has 4 nitrogen and oxygen atoms in total. The third-order valence-corrected chi connectivity index (χ3v) is 5.67. The number of rotatable bonds is 3. The van der Waals surface area contributed by atoms with E-state index in [9.17, 15) is 10.2 Å². The van der Waals surface area contributed by atoms with Crippen molar-refractivity contribution in [2.75, 3.05) is 0 Å². The van der Waals surface area contributed by atoms with Crippen LogP contribution in [0.5, 0.6) is 11.5 Å². The first-order valence-electron chi connectivity index (χ1n) is 8.99. The summed E-state index contributed by atoms with van der Waals surface area (Å²) in [7, 11) is 0. The Bertz CT molecular complexity index is 1240. The van der Waals surface area contributed by atoms with Gasteiger partial charge >= 0.3 is 0 Å². The minimum Gasteiger partial charge on any atom is -0.508 e. The van der Waals surface area contributed by atoms with Crippen LogP contribution in [0.3, 0.4) is 0 Å². The van der Waals surface area contributed by atoms with Crippen molar-refractivity contribution < 1.29 is 10.2 Å². The van der Waals surface area contributed by atoms with Crippen LogP contribution >= 0.6 is 12.6 Å². The van der Waals surface area contributed by atoms with Crippen molar-refractivity contribution in [2.24, 2.45) is 0 Å². The van der Waals surface area contributed by atoms with Gasteiger partial charge in [-0.25, -0.2) is 0 Å². The van der Waals surface area contributed by atoms with Gasteiger partial charge in [-0.2, -0.15) is 0 Å². The lowest BCUT2D eigenvalue weighted by Gasteiger charge is -2.19. The summed E-state index contributed by atoms with van der Waals surface area (Å²) in [6.45, 7) is 0. The summed E-state index contributed by atoms with van der Waals surface area (Å²) >= 11 is 4.71. The summed E-state index contributed by atoms with van der Waals surface area (Å²) in [6, 6.07) is 18.7. The largest absolute Gasteiger partial charge is 0.508 e. The molecule has 0 unspecified atom stereocenters. The SMILES string of the molecule is Oc1ccc2[nH]cc(C(c3ccccc3S)c3c[nH]c4ccc(O)cc34)c2c1. The van der Waals surface area contributed by atoms with Crippen LogP contribution in [0, 0.1) is 0 Å². The minimum atomic E-state index is -0.125. The number of phenolic OH excluding ortho intramolecular Hbond substituents is 2. The zero-order chi connectivity index (χ0) is 19.3. The monoisotopic (exact) mass is 386 g/mol. The lowest BCUT2D eigenvalue weighted by Crippen LogP contribution is -2.03. The van der Waals surface area contributed by atoms with E-state index < -0.39 is 0 Å².